The number of rotatable bonds is 2. The van der Waals surface area contributed by atoms with Crippen LogP contribution < -0.4 is 11.1 Å². The molecule has 0 aromatic heterocycles. The number of carbonyl (C=O) groups is 1. The zero-order valence-electron chi connectivity index (χ0n) is 9.89. The van der Waals surface area contributed by atoms with Crippen LogP contribution in [0.4, 0.5) is 5.69 Å². The SMILES string of the molecule is NC(=S)Nc1ccc(C(=O)N2CCOCC2)cc1. The highest BCUT2D eigenvalue weighted by atomic mass is 32.1. The number of hydrogen-bond acceptors (Lipinski definition) is 3. The number of amides is 1. The summed E-state index contributed by atoms with van der Waals surface area (Å²) in [6, 6.07) is 7.09. The van der Waals surface area contributed by atoms with Crippen molar-refractivity contribution in [3.05, 3.63) is 29.8 Å². The molecule has 1 aromatic carbocycles. The zero-order chi connectivity index (χ0) is 13.0. The number of anilines is 1. The van der Waals surface area contributed by atoms with Gasteiger partial charge in [-0.1, -0.05) is 0 Å². The molecule has 1 aromatic rings. The van der Waals surface area contributed by atoms with Gasteiger partial charge in [-0.25, -0.2) is 0 Å². The summed E-state index contributed by atoms with van der Waals surface area (Å²) in [7, 11) is 0. The second-order valence-corrected chi connectivity index (χ2v) is 4.41. The Hall–Kier alpha value is -1.66. The minimum Gasteiger partial charge on any atom is -0.378 e. The Bertz CT molecular complexity index is 441. The highest BCUT2D eigenvalue weighted by molar-refractivity contribution is 7.80. The van der Waals surface area contributed by atoms with Crippen LogP contribution in [0.1, 0.15) is 10.4 Å². The zero-order valence-corrected chi connectivity index (χ0v) is 10.7. The number of nitrogens with zero attached hydrogens (tertiary/aromatic N) is 1. The predicted octanol–water partition coefficient (Wildman–Crippen LogP) is 0.814. The summed E-state index contributed by atoms with van der Waals surface area (Å²) in [5.74, 6) is 0.0279. The molecular formula is C12H15N3O2S. The van der Waals surface area contributed by atoms with E-state index < -0.39 is 0 Å². The summed E-state index contributed by atoms with van der Waals surface area (Å²) in [4.78, 5) is 13.9. The maximum absolute atomic E-state index is 12.1. The molecule has 1 heterocycles. The molecule has 2 rings (SSSR count). The van der Waals surface area contributed by atoms with E-state index in [4.69, 9.17) is 22.7 Å². The molecule has 1 aliphatic rings. The largest absolute Gasteiger partial charge is 0.378 e. The quantitative estimate of drug-likeness (QED) is 0.775. The molecule has 1 aliphatic heterocycles. The molecule has 0 radical (unpaired) electrons. The summed E-state index contributed by atoms with van der Waals surface area (Å²) in [6.45, 7) is 2.50. The fourth-order valence-corrected chi connectivity index (χ4v) is 1.91. The minimum absolute atomic E-state index is 0.0279. The molecule has 6 heteroatoms. The van der Waals surface area contributed by atoms with Crippen molar-refractivity contribution in [2.45, 2.75) is 0 Å². The number of carbonyl (C=O) groups excluding carboxylic acids is 1. The molecule has 0 spiro atoms. The van der Waals surface area contributed by atoms with Crippen LogP contribution in [0.3, 0.4) is 0 Å². The Labute approximate surface area is 111 Å². The first-order chi connectivity index (χ1) is 8.66. The fraction of sp³-hybridized carbons (Fsp3) is 0.333. The topological polar surface area (TPSA) is 67.6 Å². The fourth-order valence-electron chi connectivity index (χ4n) is 1.79. The van der Waals surface area contributed by atoms with Gasteiger partial charge < -0.3 is 20.7 Å². The first kappa shape index (κ1) is 12.8. The van der Waals surface area contributed by atoms with Crippen molar-refractivity contribution in [2.24, 2.45) is 5.73 Å². The lowest BCUT2D eigenvalue weighted by molar-refractivity contribution is 0.0303. The summed E-state index contributed by atoms with van der Waals surface area (Å²) >= 11 is 4.74. The highest BCUT2D eigenvalue weighted by Gasteiger charge is 2.18. The van der Waals surface area contributed by atoms with Crippen molar-refractivity contribution in [1.82, 2.24) is 4.90 Å². The first-order valence-electron chi connectivity index (χ1n) is 5.70. The summed E-state index contributed by atoms with van der Waals surface area (Å²) in [5, 5.41) is 3.03. The molecule has 0 bridgehead atoms. The standard InChI is InChI=1S/C12H15N3O2S/c13-12(18)14-10-3-1-9(2-4-10)11(16)15-5-7-17-8-6-15/h1-4H,5-8H2,(H3,13,14,18). The van der Waals surface area contributed by atoms with Gasteiger partial charge in [0.2, 0.25) is 0 Å². The van der Waals surface area contributed by atoms with E-state index in [0.29, 0.717) is 31.9 Å². The Morgan fingerprint density at radius 2 is 1.89 bits per heavy atom. The van der Waals surface area contributed by atoms with Crippen molar-refractivity contribution in [3.8, 4) is 0 Å². The molecule has 0 saturated carbocycles. The van der Waals surface area contributed by atoms with Crippen LogP contribution in [-0.4, -0.2) is 42.2 Å². The Morgan fingerprint density at radius 3 is 2.44 bits per heavy atom. The molecule has 1 saturated heterocycles. The third kappa shape index (κ3) is 3.18. The van der Waals surface area contributed by atoms with Crippen LogP contribution in [-0.2, 0) is 4.74 Å². The number of morpholine rings is 1. The Morgan fingerprint density at radius 1 is 1.28 bits per heavy atom. The van der Waals surface area contributed by atoms with E-state index in [-0.39, 0.29) is 11.0 Å². The van der Waals surface area contributed by atoms with Gasteiger partial charge in [-0.3, -0.25) is 4.79 Å². The molecule has 5 nitrogen and oxygen atoms in total. The lowest BCUT2D eigenvalue weighted by atomic mass is 10.1. The van der Waals surface area contributed by atoms with Gasteiger partial charge in [-0.05, 0) is 36.5 Å². The van der Waals surface area contributed by atoms with Crippen molar-refractivity contribution in [3.63, 3.8) is 0 Å². The molecule has 96 valence electrons. The van der Waals surface area contributed by atoms with Gasteiger partial charge in [-0.2, -0.15) is 0 Å². The number of nitrogens with two attached hydrogens (primary N) is 1. The number of thiocarbonyl (C=S) groups is 1. The maximum Gasteiger partial charge on any atom is 0.254 e. The van der Waals surface area contributed by atoms with Crippen LogP contribution in [0.25, 0.3) is 0 Å². The van der Waals surface area contributed by atoms with E-state index in [9.17, 15) is 4.79 Å². The van der Waals surface area contributed by atoms with Crippen LogP contribution in [0.5, 0.6) is 0 Å². The van der Waals surface area contributed by atoms with Crippen LogP contribution in [0.15, 0.2) is 24.3 Å². The van der Waals surface area contributed by atoms with Crippen LogP contribution >= 0.6 is 12.2 Å². The Balaban J connectivity index is 2.04. The molecule has 1 amide bonds. The average Bonchev–Trinajstić information content (AvgIpc) is 2.39. The van der Waals surface area contributed by atoms with Gasteiger partial charge in [-0.15, -0.1) is 0 Å². The van der Waals surface area contributed by atoms with Gasteiger partial charge in [0.1, 0.15) is 0 Å². The van der Waals surface area contributed by atoms with Gasteiger partial charge in [0, 0.05) is 24.3 Å². The number of ether oxygens (including phenoxy) is 1. The molecule has 0 aliphatic carbocycles. The van der Waals surface area contributed by atoms with E-state index >= 15 is 0 Å². The van der Waals surface area contributed by atoms with E-state index in [0.717, 1.165) is 5.69 Å². The maximum atomic E-state index is 12.1. The lowest BCUT2D eigenvalue weighted by Crippen LogP contribution is -2.40. The van der Waals surface area contributed by atoms with Crippen molar-refractivity contribution >= 4 is 28.9 Å². The molecule has 18 heavy (non-hydrogen) atoms. The van der Waals surface area contributed by atoms with Crippen LogP contribution in [0.2, 0.25) is 0 Å². The third-order valence-electron chi connectivity index (χ3n) is 2.70. The third-order valence-corrected chi connectivity index (χ3v) is 2.80. The van der Waals surface area contributed by atoms with E-state index in [2.05, 4.69) is 5.32 Å². The summed E-state index contributed by atoms with van der Waals surface area (Å²) in [6.07, 6.45) is 0. The molecule has 0 atom stereocenters. The number of benzene rings is 1. The first-order valence-corrected chi connectivity index (χ1v) is 6.11. The smallest absolute Gasteiger partial charge is 0.254 e. The second kappa shape index (κ2) is 5.79. The minimum atomic E-state index is 0.0279. The Kier molecular flexibility index (Phi) is 4.11. The second-order valence-electron chi connectivity index (χ2n) is 3.97. The molecular weight excluding hydrogens is 250 g/mol. The molecule has 3 N–H and O–H groups in total. The molecule has 0 unspecified atom stereocenters. The van der Waals surface area contributed by atoms with E-state index in [1.807, 2.05) is 0 Å². The highest BCUT2D eigenvalue weighted by Crippen LogP contribution is 2.12. The van der Waals surface area contributed by atoms with Gasteiger partial charge >= 0.3 is 0 Å². The van der Waals surface area contributed by atoms with Gasteiger partial charge in [0.05, 0.1) is 13.2 Å². The lowest BCUT2D eigenvalue weighted by Gasteiger charge is -2.26. The van der Waals surface area contributed by atoms with Crippen molar-refractivity contribution in [1.29, 1.82) is 0 Å². The number of nitrogens with one attached hydrogen (secondary N) is 1. The van der Waals surface area contributed by atoms with Crippen molar-refractivity contribution < 1.29 is 9.53 Å². The average molecular weight is 265 g/mol. The molecule has 1 fully saturated rings. The van der Waals surface area contributed by atoms with Gasteiger partial charge in [0.25, 0.3) is 5.91 Å². The normalized spacial score (nSPS) is 15.2. The van der Waals surface area contributed by atoms with Crippen molar-refractivity contribution in [2.75, 3.05) is 31.6 Å². The number of hydrogen-bond donors (Lipinski definition) is 2. The van der Waals surface area contributed by atoms with E-state index in [1.165, 1.54) is 0 Å². The summed E-state index contributed by atoms with van der Waals surface area (Å²) in [5.41, 5.74) is 6.81. The predicted molar refractivity (Wildman–Crippen MR) is 73.6 cm³/mol. The van der Waals surface area contributed by atoms with E-state index in [1.54, 1.807) is 29.2 Å². The van der Waals surface area contributed by atoms with Crippen LogP contribution in [0, 0.1) is 0 Å². The van der Waals surface area contributed by atoms with Gasteiger partial charge in [0.15, 0.2) is 5.11 Å². The monoisotopic (exact) mass is 265 g/mol. The summed E-state index contributed by atoms with van der Waals surface area (Å²) < 4.78 is 5.22.